The predicted octanol–water partition coefficient (Wildman–Crippen LogP) is 4.64. The lowest BCUT2D eigenvalue weighted by Gasteiger charge is -2.52. The third kappa shape index (κ3) is 6.42. The lowest BCUT2D eigenvalue weighted by molar-refractivity contribution is -0.134. The number of nitrogens with zero attached hydrogens (tertiary/aromatic N) is 2. The molecule has 4 aliphatic rings. The third-order valence-corrected chi connectivity index (χ3v) is 10.5. The Labute approximate surface area is 253 Å². The normalized spacial score (nSPS) is 25.8. The van der Waals surface area contributed by atoms with E-state index in [9.17, 15) is 14.4 Å². The molecule has 9 heteroatoms. The number of hydrogen-bond acceptors (Lipinski definition) is 6. The van der Waals surface area contributed by atoms with Crippen molar-refractivity contribution in [2.75, 3.05) is 44.7 Å². The minimum absolute atomic E-state index is 0.0276. The van der Waals surface area contributed by atoms with Crippen LogP contribution in [0.5, 0.6) is 5.75 Å². The van der Waals surface area contributed by atoms with E-state index in [4.69, 9.17) is 4.74 Å². The molecule has 2 aromatic carbocycles. The standard InChI is InChI=1S/C34H43FN4O4/c1-33(11-17-39(22-33)29-8-6-23(19-28(29)35)27-7-9-30(40)37-32(27)42)10-14-38-15-12-34(13-16-38)20-25(21-34)36-31(41)24-4-3-5-26(18-24)43-2/h3-6,8,18-19,25,27H,7,9-17,20-22H2,1-2H3,(H,36,41)(H,37,40,42). The molecule has 2 unspecified atom stereocenters. The van der Waals surface area contributed by atoms with E-state index in [0.29, 0.717) is 34.4 Å². The first kappa shape index (κ1) is 29.6. The highest BCUT2D eigenvalue weighted by Gasteiger charge is 2.46. The molecule has 1 saturated carbocycles. The van der Waals surface area contributed by atoms with Crippen LogP contribution in [0.25, 0.3) is 0 Å². The fraction of sp³-hybridized carbons (Fsp3) is 0.559. The first-order valence-electron chi connectivity index (χ1n) is 15.7. The van der Waals surface area contributed by atoms with Crippen LogP contribution in [0.15, 0.2) is 42.5 Å². The SMILES string of the molecule is COc1cccc(C(=O)NC2CC3(CCN(CCC4(C)CCN(c5ccc(C6CCC(=O)NC6=O)cc5F)C4)CC3)C2)c1. The summed E-state index contributed by atoms with van der Waals surface area (Å²) in [5.41, 5.74) is 2.34. The van der Waals surface area contributed by atoms with E-state index in [1.165, 1.54) is 18.9 Å². The molecule has 2 atom stereocenters. The van der Waals surface area contributed by atoms with Crippen molar-refractivity contribution in [3.63, 3.8) is 0 Å². The molecule has 0 radical (unpaired) electrons. The zero-order chi connectivity index (χ0) is 30.2. The van der Waals surface area contributed by atoms with E-state index in [1.807, 2.05) is 24.3 Å². The van der Waals surface area contributed by atoms with Gasteiger partial charge in [0.2, 0.25) is 11.8 Å². The second kappa shape index (κ2) is 11.9. The summed E-state index contributed by atoms with van der Waals surface area (Å²) in [4.78, 5) is 41.1. The van der Waals surface area contributed by atoms with Gasteiger partial charge in [0, 0.05) is 31.1 Å². The number of likely N-dealkylation sites (tertiary alicyclic amines) is 1. The summed E-state index contributed by atoms with van der Waals surface area (Å²) in [6.07, 6.45) is 7.25. The van der Waals surface area contributed by atoms with Crippen molar-refractivity contribution in [3.8, 4) is 5.75 Å². The van der Waals surface area contributed by atoms with Gasteiger partial charge in [-0.15, -0.1) is 0 Å². The van der Waals surface area contributed by atoms with Crippen molar-refractivity contribution in [2.24, 2.45) is 10.8 Å². The van der Waals surface area contributed by atoms with Crippen LogP contribution in [-0.2, 0) is 9.59 Å². The molecule has 4 fully saturated rings. The Morgan fingerprint density at radius 3 is 2.60 bits per heavy atom. The fourth-order valence-electron chi connectivity index (χ4n) is 7.65. The van der Waals surface area contributed by atoms with E-state index < -0.39 is 5.92 Å². The van der Waals surface area contributed by atoms with Crippen LogP contribution in [0.1, 0.15) is 80.1 Å². The van der Waals surface area contributed by atoms with Gasteiger partial charge in [-0.05, 0) is 111 Å². The molecule has 2 N–H and O–H groups in total. The number of benzene rings is 2. The van der Waals surface area contributed by atoms with Crippen LogP contribution in [-0.4, -0.2) is 68.5 Å². The average Bonchev–Trinajstić information content (AvgIpc) is 3.37. The summed E-state index contributed by atoms with van der Waals surface area (Å²) in [6.45, 7) is 7.17. The maximum Gasteiger partial charge on any atom is 0.251 e. The van der Waals surface area contributed by atoms with Gasteiger partial charge in [-0.1, -0.05) is 19.1 Å². The van der Waals surface area contributed by atoms with Crippen LogP contribution in [0.4, 0.5) is 10.1 Å². The molecule has 3 heterocycles. The number of carbonyl (C=O) groups excluding carboxylic acids is 3. The van der Waals surface area contributed by atoms with E-state index >= 15 is 4.39 Å². The monoisotopic (exact) mass is 590 g/mol. The minimum atomic E-state index is -0.475. The van der Waals surface area contributed by atoms with Gasteiger partial charge in [-0.2, -0.15) is 0 Å². The van der Waals surface area contributed by atoms with Crippen LogP contribution < -0.4 is 20.3 Å². The highest BCUT2D eigenvalue weighted by Crippen LogP contribution is 2.49. The summed E-state index contributed by atoms with van der Waals surface area (Å²) in [6, 6.07) is 12.7. The maximum atomic E-state index is 15.2. The fourth-order valence-corrected chi connectivity index (χ4v) is 7.65. The lowest BCUT2D eigenvalue weighted by Crippen LogP contribution is -2.55. The van der Waals surface area contributed by atoms with E-state index in [-0.39, 0.29) is 41.4 Å². The van der Waals surface area contributed by atoms with Crippen molar-refractivity contribution in [1.82, 2.24) is 15.5 Å². The van der Waals surface area contributed by atoms with E-state index in [1.54, 1.807) is 19.2 Å². The number of imide groups is 1. The first-order valence-corrected chi connectivity index (χ1v) is 15.7. The molecule has 8 nitrogen and oxygen atoms in total. The number of methoxy groups -OCH3 is 1. The second-order valence-corrected chi connectivity index (χ2v) is 13.6. The third-order valence-electron chi connectivity index (χ3n) is 10.5. The smallest absolute Gasteiger partial charge is 0.251 e. The Morgan fingerprint density at radius 1 is 1.09 bits per heavy atom. The molecule has 3 saturated heterocycles. The number of hydrogen-bond donors (Lipinski definition) is 2. The average molecular weight is 591 g/mol. The molecule has 0 bridgehead atoms. The quantitative estimate of drug-likeness (QED) is 0.436. The molecule has 3 aliphatic heterocycles. The molecular formula is C34H43FN4O4. The van der Waals surface area contributed by atoms with Crippen LogP contribution in [0.3, 0.4) is 0 Å². The molecule has 230 valence electrons. The number of amides is 3. The predicted molar refractivity (Wildman–Crippen MR) is 163 cm³/mol. The Bertz CT molecular complexity index is 1380. The molecule has 0 aromatic heterocycles. The van der Waals surface area contributed by atoms with Gasteiger partial charge in [0.15, 0.2) is 0 Å². The van der Waals surface area contributed by atoms with Gasteiger partial charge in [0.1, 0.15) is 11.6 Å². The Balaban J connectivity index is 0.943. The van der Waals surface area contributed by atoms with Crippen LogP contribution in [0, 0.1) is 16.6 Å². The molecule has 2 aromatic rings. The number of rotatable bonds is 8. The van der Waals surface area contributed by atoms with Crippen molar-refractivity contribution in [1.29, 1.82) is 0 Å². The number of halogens is 1. The van der Waals surface area contributed by atoms with Crippen LogP contribution >= 0.6 is 0 Å². The number of nitrogens with one attached hydrogen (secondary N) is 2. The summed E-state index contributed by atoms with van der Waals surface area (Å²) in [5, 5.41) is 5.57. The molecule has 6 rings (SSSR count). The first-order chi connectivity index (χ1) is 20.6. The van der Waals surface area contributed by atoms with Crippen molar-refractivity contribution in [3.05, 3.63) is 59.4 Å². The zero-order valence-corrected chi connectivity index (χ0v) is 25.3. The molecule has 3 amide bonds. The number of ether oxygens (including phenoxy) is 1. The summed E-state index contributed by atoms with van der Waals surface area (Å²) in [7, 11) is 1.61. The highest BCUT2D eigenvalue weighted by molar-refractivity contribution is 6.01. The number of carbonyl (C=O) groups is 3. The second-order valence-electron chi connectivity index (χ2n) is 13.6. The molecule has 43 heavy (non-hydrogen) atoms. The van der Waals surface area contributed by atoms with E-state index in [2.05, 4.69) is 27.4 Å². The lowest BCUT2D eigenvalue weighted by atomic mass is 9.60. The van der Waals surface area contributed by atoms with Gasteiger partial charge < -0.3 is 19.9 Å². The molecular weight excluding hydrogens is 547 g/mol. The zero-order valence-electron chi connectivity index (χ0n) is 25.3. The Kier molecular flexibility index (Phi) is 8.20. The van der Waals surface area contributed by atoms with Crippen molar-refractivity contribution in [2.45, 2.75) is 70.3 Å². The van der Waals surface area contributed by atoms with Gasteiger partial charge in [-0.25, -0.2) is 4.39 Å². The summed E-state index contributed by atoms with van der Waals surface area (Å²) < 4.78 is 20.5. The van der Waals surface area contributed by atoms with Crippen LogP contribution in [0.2, 0.25) is 0 Å². The number of piperidine rings is 2. The molecule has 1 aliphatic carbocycles. The maximum absolute atomic E-state index is 15.2. The number of anilines is 1. The largest absolute Gasteiger partial charge is 0.497 e. The van der Waals surface area contributed by atoms with Crippen molar-refractivity contribution < 1.29 is 23.5 Å². The topological polar surface area (TPSA) is 91.0 Å². The van der Waals surface area contributed by atoms with Gasteiger partial charge in [-0.3, -0.25) is 19.7 Å². The Morgan fingerprint density at radius 2 is 1.88 bits per heavy atom. The highest BCUT2D eigenvalue weighted by atomic mass is 19.1. The molecule has 1 spiro atoms. The van der Waals surface area contributed by atoms with E-state index in [0.717, 1.165) is 58.4 Å². The summed E-state index contributed by atoms with van der Waals surface area (Å²) in [5.74, 6) is -0.711. The Hall–Kier alpha value is -3.46. The van der Waals surface area contributed by atoms with Gasteiger partial charge >= 0.3 is 0 Å². The van der Waals surface area contributed by atoms with Crippen molar-refractivity contribution >= 4 is 23.4 Å². The minimum Gasteiger partial charge on any atom is -0.497 e. The van der Waals surface area contributed by atoms with Gasteiger partial charge in [0.25, 0.3) is 5.91 Å². The van der Waals surface area contributed by atoms with Gasteiger partial charge in [0.05, 0.1) is 18.7 Å². The summed E-state index contributed by atoms with van der Waals surface area (Å²) >= 11 is 0.